The van der Waals surface area contributed by atoms with Gasteiger partial charge in [0.1, 0.15) is 23.5 Å². The van der Waals surface area contributed by atoms with Gasteiger partial charge in [0.25, 0.3) is 0 Å². The van der Waals surface area contributed by atoms with E-state index in [1.165, 1.54) is 36.4 Å². The average molecular weight is 403 g/mol. The number of nitriles is 1. The molecule has 3 aromatic rings. The van der Waals surface area contributed by atoms with Crippen LogP contribution < -0.4 is 10.1 Å². The third-order valence-electron chi connectivity index (χ3n) is 4.14. The Kier molecular flexibility index (Phi) is 6.16. The Balaban J connectivity index is 2.25. The molecule has 0 unspecified atom stereocenters. The molecule has 9 heteroatoms. The number of nitrogens with zero attached hydrogens (tertiary/aromatic N) is 2. The first kappa shape index (κ1) is 20.4. The van der Waals surface area contributed by atoms with Crippen molar-refractivity contribution in [3.63, 3.8) is 0 Å². The van der Waals surface area contributed by atoms with Gasteiger partial charge in [-0.25, -0.2) is 9.37 Å². The summed E-state index contributed by atoms with van der Waals surface area (Å²) in [6, 6.07) is 11.5. The Bertz CT molecular complexity index is 1070. The summed E-state index contributed by atoms with van der Waals surface area (Å²) in [6.45, 7) is -3.58. The second-order valence-electron chi connectivity index (χ2n) is 6.11. The van der Waals surface area contributed by atoms with Gasteiger partial charge in [-0.15, -0.1) is 0 Å². The zero-order chi connectivity index (χ0) is 21.0. The van der Waals surface area contributed by atoms with Crippen LogP contribution in [0.4, 0.5) is 19.0 Å². The number of fused-ring (bicyclic) bond motifs is 1. The summed E-state index contributed by atoms with van der Waals surface area (Å²) in [7, 11) is 0. The fraction of sp³-hybridized carbons (Fsp3) is 0.200. The maximum Gasteiger partial charge on any atom is 0.387 e. The third-order valence-corrected chi connectivity index (χ3v) is 4.14. The highest BCUT2D eigenvalue weighted by molar-refractivity contribution is 6.04. The normalized spacial score (nSPS) is 12.0. The van der Waals surface area contributed by atoms with Crippen LogP contribution in [0.2, 0.25) is 0 Å². The lowest BCUT2D eigenvalue weighted by Crippen LogP contribution is -2.23. The molecule has 3 N–H and O–H groups in total. The molecule has 1 aromatic heterocycles. The summed E-state index contributed by atoms with van der Waals surface area (Å²) in [5, 5.41) is 31.8. The molecule has 0 spiro atoms. The predicted octanol–water partition coefficient (Wildman–Crippen LogP) is 3.28. The van der Waals surface area contributed by atoms with E-state index in [-0.39, 0.29) is 29.4 Å². The summed E-state index contributed by atoms with van der Waals surface area (Å²) in [5.41, 5.74) is 0.531. The van der Waals surface area contributed by atoms with Crippen molar-refractivity contribution < 1.29 is 28.1 Å². The van der Waals surface area contributed by atoms with E-state index in [0.29, 0.717) is 16.3 Å². The van der Waals surface area contributed by atoms with Crippen LogP contribution in [0, 0.1) is 17.1 Å². The van der Waals surface area contributed by atoms with Crippen molar-refractivity contribution in [3.8, 4) is 22.9 Å². The number of aliphatic hydroxyl groups excluding tert-OH is 2. The van der Waals surface area contributed by atoms with Crippen LogP contribution in [0.15, 0.2) is 42.5 Å². The zero-order valence-electron chi connectivity index (χ0n) is 14.9. The van der Waals surface area contributed by atoms with E-state index in [1.54, 1.807) is 6.07 Å². The molecule has 3 rings (SSSR count). The highest BCUT2D eigenvalue weighted by Crippen LogP contribution is 2.37. The molecule has 0 saturated heterocycles. The molecule has 0 saturated carbocycles. The van der Waals surface area contributed by atoms with E-state index < -0.39 is 25.1 Å². The summed E-state index contributed by atoms with van der Waals surface area (Å²) >= 11 is 0. The van der Waals surface area contributed by atoms with E-state index >= 15 is 0 Å². The van der Waals surface area contributed by atoms with Gasteiger partial charge in [-0.3, -0.25) is 0 Å². The minimum Gasteiger partial charge on any atom is -0.435 e. The number of hydrogen-bond acceptors (Lipinski definition) is 6. The maximum absolute atomic E-state index is 13.8. The molecule has 1 atom stereocenters. The summed E-state index contributed by atoms with van der Waals surface area (Å²) in [6.07, 6.45) is -1.07. The van der Waals surface area contributed by atoms with Crippen LogP contribution in [0.1, 0.15) is 5.69 Å². The number of hydrogen-bond donors (Lipinski definition) is 3. The monoisotopic (exact) mass is 403 g/mol. The number of ether oxygens (including phenoxy) is 1. The number of nitrogens with one attached hydrogen (secondary N) is 1. The number of anilines is 1. The number of benzene rings is 2. The molecular formula is C20H16F3N3O3. The molecule has 0 bridgehead atoms. The predicted molar refractivity (Wildman–Crippen MR) is 100 cm³/mol. The average Bonchev–Trinajstić information content (AvgIpc) is 2.70. The lowest BCUT2D eigenvalue weighted by molar-refractivity contribution is -0.0497. The molecule has 6 nitrogen and oxygen atoms in total. The van der Waals surface area contributed by atoms with Gasteiger partial charge in [-0.1, -0.05) is 12.1 Å². The smallest absolute Gasteiger partial charge is 0.387 e. The highest BCUT2D eigenvalue weighted by Gasteiger charge is 2.18. The zero-order valence-corrected chi connectivity index (χ0v) is 14.9. The van der Waals surface area contributed by atoms with Crippen LogP contribution in [0.3, 0.4) is 0 Å². The van der Waals surface area contributed by atoms with Crippen molar-refractivity contribution in [2.75, 3.05) is 18.5 Å². The van der Waals surface area contributed by atoms with E-state index in [2.05, 4.69) is 15.0 Å². The van der Waals surface area contributed by atoms with Crippen molar-refractivity contribution in [2.45, 2.75) is 12.7 Å². The number of alkyl halides is 2. The summed E-state index contributed by atoms with van der Waals surface area (Å²) in [4.78, 5) is 4.25. The van der Waals surface area contributed by atoms with Gasteiger partial charge >= 0.3 is 6.61 Å². The van der Waals surface area contributed by atoms with Gasteiger partial charge in [-0.05, 0) is 41.3 Å². The number of halogens is 3. The van der Waals surface area contributed by atoms with E-state index in [4.69, 9.17) is 5.11 Å². The van der Waals surface area contributed by atoms with Gasteiger partial charge in [-0.2, -0.15) is 14.0 Å². The molecule has 1 heterocycles. The molecule has 0 amide bonds. The topological polar surface area (TPSA) is 98.4 Å². The Morgan fingerprint density at radius 2 is 1.97 bits per heavy atom. The molecule has 0 fully saturated rings. The SMILES string of the molecule is N#Cc1nc(NC[C@@H](O)CO)c2ccc(OC(F)F)cc2c1-c1cccc(F)c1. The second kappa shape index (κ2) is 8.77. The largest absolute Gasteiger partial charge is 0.435 e. The fourth-order valence-corrected chi connectivity index (χ4v) is 2.90. The first-order valence-corrected chi connectivity index (χ1v) is 8.54. The van der Waals surface area contributed by atoms with Gasteiger partial charge in [0.2, 0.25) is 0 Å². The maximum atomic E-state index is 13.8. The minimum absolute atomic E-state index is 0.0575. The number of rotatable bonds is 7. The Hall–Kier alpha value is -3.35. The molecule has 29 heavy (non-hydrogen) atoms. The van der Waals surface area contributed by atoms with Crippen LogP contribution in [0.5, 0.6) is 5.75 Å². The number of aromatic nitrogens is 1. The highest BCUT2D eigenvalue weighted by atomic mass is 19.3. The molecule has 150 valence electrons. The van der Waals surface area contributed by atoms with Crippen molar-refractivity contribution >= 4 is 16.6 Å². The summed E-state index contributed by atoms with van der Waals surface area (Å²) < 4.78 is 43.6. The van der Waals surface area contributed by atoms with Crippen molar-refractivity contribution in [2.24, 2.45) is 0 Å². The molecule has 0 aliphatic heterocycles. The Morgan fingerprint density at radius 3 is 2.62 bits per heavy atom. The number of aliphatic hydroxyl groups is 2. The molecule has 2 aromatic carbocycles. The van der Waals surface area contributed by atoms with Crippen molar-refractivity contribution in [1.82, 2.24) is 4.98 Å². The van der Waals surface area contributed by atoms with Gasteiger partial charge in [0.05, 0.1) is 12.7 Å². The van der Waals surface area contributed by atoms with Gasteiger partial charge in [0, 0.05) is 17.5 Å². The molecular weight excluding hydrogens is 387 g/mol. The molecule has 0 radical (unpaired) electrons. The standard InChI is InChI=1S/C20H16F3N3O3/c21-12-3-1-2-11(6-12)18-16-7-14(29-20(22)23)4-5-15(16)19(26-17(18)8-24)25-9-13(28)10-27/h1-7,13,20,27-28H,9-10H2,(H,25,26)/t13-/m1/s1. The van der Waals surface area contributed by atoms with Crippen LogP contribution in [-0.4, -0.2) is 41.1 Å². The van der Waals surface area contributed by atoms with Gasteiger partial charge < -0.3 is 20.3 Å². The van der Waals surface area contributed by atoms with Crippen LogP contribution in [0.25, 0.3) is 21.9 Å². The van der Waals surface area contributed by atoms with Crippen molar-refractivity contribution in [1.29, 1.82) is 5.26 Å². The first-order chi connectivity index (χ1) is 13.9. The molecule has 0 aliphatic carbocycles. The number of pyridine rings is 1. The first-order valence-electron chi connectivity index (χ1n) is 8.54. The van der Waals surface area contributed by atoms with Crippen LogP contribution >= 0.6 is 0 Å². The van der Waals surface area contributed by atoms with E-state index in [1.807, 2.05) is 6.07 Å². The van der Waals surface area contributed by atoms with Gasteiger partial charge in [0.15, 0.2) is 5.69 Å². The van der Waals surface area contributed by atoms with Crippen molar-refractivity contribution in [3.05, 3.63) is 54.0 Å². The van der Waals surface area contributed by atoms with E-state index in [9.17, 15) is 23.5 Å². The quantitative estimate of drug-likeness (QED) is 0.560. The summed E-state index contributed by atoms with van der Waals surface area (Å²) in [5.74, 6) is -0.470. The Morgan fingerprint density at radius 1 is 1.17 bits per heavy atom. The Labute approximate surface area is 163 Å². The third kappa shape index (κ3) is 4.56. The second-order valence-corrected chi connectivity index (χ2v) is 6.11. The lowest BCUT2D eigenvalue weighted by Gasteiger charge is -2.16. The van der Waals surface area contributed by atoms with E-state index in [0.717, 1.165) is 0 Å². The fourth-order valence-electron chi connectivity index (χ4n) is 2.90. The minimum atomic E-state index is -3.04. The lowest BCUT2D eigenvalue weighted by atomic mass is 9.96. The van der Waals surface area contributed by atoms with Crippen LogP contribution in [-0.2, 0) is 0 Å². The molecule has 0 aliphatic rings.